The van der Waals surface area contributed by atoms with E-state index in [1.165, 1.54) is 35.0 Å². The van der Waals surface area contributed by atoms with Crippen molar-refractivity contribution in [2.24, 2.45) is 0 Å². The monoisotopic (exact) mass is 243 g/mol. The zero-order valence-corrected chi connectivity index (χ0v) is 10.9. The Bertz CT molecular complexity index is 526. The number of rotatable bonds is 6. The molecule has 0 unspecified atom stereocenters. The molecule has 2 aromatic rings. The Balaban J connectivity index is 1.57. The van der Waals surface area contributed by atoms with E-state index >= 15 is 0 Å². The molecule has 1 aliphatic rings. The van der Waals surface area contributed by atoms with E-state index in [0.717, 1.165) is 25.7 Å². The quantitative estimate of drug-likeness (QED) is 0.681. The van der Waals surface area contributed by atoms with E-state index in [1.54, 1.807) is 0 Å². The van der Waals surface area contributed by atoms with Gasteiger partial charge in [-0.2, -0.15) is 0 Å². The first-order valence-electron chi connectivity index (χ1n) is 6.85. The lowest BCUT2D eigenvalue weighted by atomic mass is 10.1. The molecule has 1 fully saturated rings. The lowest BCUT2D eigenvalue weighted by Gasteiger charge is -2.06. The van der Waals surface area contributed by atoms with Gasteiger partial charge in [-0.25, -0.2) is 0 Å². The predicted molar refractivity (Wildman–Crippen MR) is 75.8 cm³/mol. The topological polar surface area (TPSA) is 39.9 Å². The molecule has 0 saturated heterocycles. The van der Waals surface area contributed by atoms with Gasteiger partial charge in [0.2, 0.25) is 0 Å². The summed E-state index contributed by atoms with van der Waals surface area (Å²) in [5, 5.41) is 8.38. The van der Waals surface area contributed by atoms with Crippen molar-refractivity contribution in [2.75, 3.05) is 13.1 Å². The maximum atomic E-state index is 3.52. The highest BCUT2D eigenvalue weighted by Gasteiger charge is 2.19. The number of aromatic amines is 1. The molecule has 1 saturated carbocycles. The zero-order valence-electron chi connectivity index (χ0n) is 10.9. The van der Waals surface area contributed by atoms with E-state index in [9.17, 15) is 0 Å². The molecule has 0 aliphatic heterocycles. The Morgan fingerprint density at radius 1 is 1.22 bits per heavy atom. The minimum atomic E-state index is 0.807. The van der Waals surface area contributed by atoms with Crippen molar-refractivity contribution in [1.29, 1.82) is 0 Å². The Kier molecular flexibility index (Phi) is 3.35. The van der Waals surface area contributed by atoms with Crippen LogP contribution in [0, 0.1) is 6.92 Å². The van der Waals surface area contributed by atoms with Crippen molar-refractivity contribution in [3.63, 3.8) is 0 Å². The second kappa shape index (κ2) is 5.12. The van der Waals surface area contributed by atoms with Gasteiger partial charge in [-0.15, -0.1) is 0 Å². The van der Waals surface area contributed by atoms with Gasteiger partial charge in [0, 0.05) is 42.3 Å². The fraction of sp³-hybridized carbons (Fsp3) is 0.467. The Hall–Kier alpha value is -1.32. The number of para-hydroxylation sites is 1. The molecule has 1 aromatic carbocycles. The van der Waals surface area contributed by atoms with E-state index in [2.05, 4.69) is 46.8 Å². The summed E-state index contributed by atoms with van der Waals surface area (Å²) in [4.78, 5) is 3.44. The summed E-state index contributed by atoms with van der Waals surface area (Å²) < 4.78 is 0. The lowest BCUT2D eigenvalue weighted by Crippen LogP contribution is -2.28. The number of benzene rings is 1. The molecule has 0 spiro atoms. The molecule has 3 rings (SSSR count). The molecule has 1 aromatic heterocycles. The van der Waals surface area contributed by atoms with Crippen LogP contribution < -0.4 is 10.6 Å². The van der Waals surface area contributed by atoms with Crippen LogP contribution in [0.5, 0.6) is 0 Å². The van der Waals surface area contributed by atoms with Crippen LogP contribution in [0.3, 0.4) is 0 Å². The average Bonchev–Trinajstić information content (AvgIpc) is 3.13. The maximum Gasteiger partial charge on any atom is 0.0459 e. The third-order valence-electron chi connectivity index (χ3n) is 3.64. The minimum absolute atomic E-state index is 0.807. The highest BCUT2D eigenvalue weighted by atomic mass is 15.0. The van der Waals surface area contributed by atoms with Crippen molar-refractivity contribution >= 4 is 10.9 Å². The molecular formula is C15H21N3. The SMILES string of the molecule is Cc1[nH]c2ccccc2c1CNCCNC1CC1. The lowest BCUT2D eigenvalue weighted by molar-refractivity contribution is 0.609. The molecule has 0 atom stereocenters. The Morgan fingerprint density at radius 3 is 2.89 bits per heavy atom. The predicted octanol–water partition coefficient (Wildman–Crippen LogP) is 2.32. The first-order valence-corrected chi connectivity index (χ1v) is 6.85. The van der Waals surface area contributed by atoms with Crippen LogP contribution in [0.25, 0.3) is 10.9 Å². The van der Waals surface area contributed by atoms with Crippen molar-refractivity contribution in [2.45, 2.75) is 32.4 Å². The molecule has 1 aliphatic carbocycles. The van der Waals surface area contributed by atoms with Crippen molar-refractivity contribution < 1.29 is 0 Å². The van der Waals surface area contributed by atoms with Gasteiger partial charge < -0.3 is 15.6 Å². The number of hydrogen-bond donors (Lipinski definition) is 3. The van der Waals surface area contributed by atoms with E-state index < -0.39 is 0 Å². The summed E-state index contributed by atoms with van der Waals surface area (Å²) in [6.45, 7) is 5.21. The van der Waals surface area contributed by atoms with Gasteiger partial charge in [-0.1, -0.05) is 18.2 Å². The van der Waals surface area contributed by atoms with E-state index in [0.29, 0.717) is 0 Å². The van der Waals surface area contributed by atoms with Gasteiger partial charge in [0.15, 0.2) is 0 Å². The molecule has 3 N–H and O–H groups in total. The van der Waals surface area contributed by atoms with Crippen molar-refractivity contribution in [3.05, 3.63) is 35.5 Å². The first-order chi connectivity index (χ1) is 8.84. The molecule has 1 heterocycles. The largest absolute Gasteiger partial charge is 0.358 e. The third-order valence-corrected chi connectivity index (χ3v) is 3.64. The third kappa shape index (κ3) is 2.57. The van der Waals surface area contributed by atoms with Crippen LogP contribution in [-0.2, 0) is 6.54 Å². The molecule has 3 heteroatoms. The van der Waals surface area contributed by atoms with Crippen molar-refractivity contribution in [3.8, 4) is 0 Å². The number of H-pyrrole nitrogens is 1. The van der Waals surface area contributed by atoms with Crippen LogP contribution >= 0.6 is 0 Å². The molecular weight excluding hydrogens is 222 g/mol. The van der Waals surface area contributed by atoms with Gasteiger partial charge in [0.25, 0.3) is 0 Å². The van der Waals surface area contributed by atoms with Gasteiger partial charge in [0.1, 0.15) is 0 Å². The molecule has 0 radical (unpaired) electrons. The molecule has 0 bridgehead atoms. The van der Waals surface area contributed by atoms with Gasteiger partial charge in [0.05, 0.1) is 0 Å². The van der Waals surface area contributed by atoms with E-state index in [-0.39, 0.29) is 0 Å². The first kappa shape index (κ1) is 11.8. The number of nitrogens with one attached hydrogen (secondary N) is 3. The standard InChI is InChI=1S/C15H21N3/c1-11-14(10-16-8-9-17-12-6-7-12)13-4-2-3-5-15(13)18-11/h2-5,12,16-18H,6-10H2,1H3. The second-order valence-electron chi connectivity index (χ2n) is 5.18. The summed E-state index contributed by atoms with van der Waals surface area (Å²) in [6.07, 6.45) is 2.73. The van der Waals surface area contributed by atoms with Gasteiger partial charge in [-0.3, -0.25) is 0 Å². The van der Waals surface area contributed by atoms with E-state index in [4.69, 9.17) is 0 Å². The summed E-state index contributed by atoms with van der Waals surface area (Å²) >= 11 is 0. The average molecular weight is 243 g/mol. The summed E-state index contributed by atoms with van der Waals surface area (Å²) in [6, 6.07) is 9.32. The van der Waals surface area contributed by atoms with Crippen LogP contribution in [0.15, 0.2) is 24.3 Å². The Labute approximate surface area is 108 Å². The van der Waals surface area contributed by atoms with Crippen molar-refractivity contribution in [1.82, 2.24) is 15.6 Å². The number of hydrogen-bond acceptors (Lipinski definition) is 2. The number of aromatic nitrogens is 1. The molecule has 18 heavy (non-hydrogen) atoms. The summed E-state index contributed by atoms with van der Waals surface area (Å²) in [7, 11) is 0. The van der Waals surface area contributed by atoms with Gasteiger partial charge >= 0.3 is 0 Å². The molecule has 0 amide bonds. The van der Waals surface area contributed by atoms with Crippen LogP contribution in [0.1, 0.15) is 24.1 Å². The fourth-order valence-electron chi connectivity index (χ4n) is 2.43. The van der Waals surface area contributed by atoms with Crippen LogP contribution in [0.4, 0.5) is 0 Å². The molecule has 3 nitrogen and oxygen atoms in total. The normalized spacial score (nSPS) is 15.4. The second-order valence-corrected chi connectivity index (χ2v) is 5.18. The number of fused-ring (bicyclic) bond motifs is 1. The smallest absolute Gasteiger partial charge is 0.0459 e. The molecule has 96 valence electrons. The van der Waals surface area contributed by atoms with Crippen LogP contribution in [-0.4, -0.2) is 24.1 Å². The fourth-order valence-corrected chi connectivity index (χ4v) is 2.43. The zero-order chi connectivity index (χ0) is 12.4. The highest BCUT2D eigenvalue weighted by Crippen LogP contribution is 2.21. The van der Waals surface area contributed by atoms with Crippen LogP contribution in [0.2, 0.25) is 0 Å². The summed E-state index contributed by atoms with van der Waals surface area (Å²) in [5.74, 6) is 0. The van der Waals surface area contributed by atoms with Gasteiger partial charge in [-0.05, 0) is 31.4 Å². The van der Waals surface area contributed by atoms with E-state index in [1.807, 2.05) is 0 Å². The summed E-state index contributed by atoms with van der Waals surface area (Å²) in [5.41, 5.74) is 3.92. The highest BCUT2D eigenvalue weighted by molar-refractivity contribution is 5.84. The maximum absolute atomic E-state index is 3.52. The Morgan fingerprint density at radius 2 is 2.06 bits per heavy atom. The minimum Gasteiger partial charge on any atom is -0.358 e. The number of aryl methyl sites for hydroxylation is 1.